The van der Waals surface area contributed by atoms with Crippen molar-refractivity contribution in [1.82, 2.24) is 0 Å². The zero-order valence-corrected chi connectivity index (χ0v) is 7.54. The van der Waals surface area contributed by atoms with E-state index in [0.29, 0.717) is 5.56 Å². The highest BCUT2D eigenvalue weighted by Crippen LogP contribution is 2.21. The van der Waals surface area contributed by atoms with E-state index in [0.717, 1.165) is 4.47 Å². The van der Waals surface area contributed by atoms with Crippen LogP contribution in [0.4, 0.5) is 0 Å². The normalized spacial score (nSPS) is 9.80. The number of carbonyl (C=O) groups is 1. The topological polar surface area (TPSA) is 43.1 Å². The van der Waals surface area contributed by atoms with Crippen LogP contribution in [-0.4, -0.2) is 12.3 Å². The van der Waals surface area contributed by atoms with Crippen LogP contribution in [-0.2, 0) is 0 Å². The maximum Gasteiger partial charge on any atom is 0.178 e. The summed E-state index contributed by atoms with van der Waals surface area (Å²) in [7, 11) is 0. The van der Waals surface area contributed by atoms with E-state index >= 15 is 0 Å². The number of ketones is 1. The molecule has 54 valence electrons. The molecule has 4 heteroatoms. The minimum absolute atomic E-state index is 0.0203. The quantitative estimate of drug-likeness (QED) is 0.770. The fourth-order valence-corrected chi connectivity index (χ4v) is 2.11. The van der Waals surface area contributed by atoms with Crippen molar-refractivity contribution in [2.24, 2.45) is 5.73 Å². The molecule has 1 aromatic heterocycles. The smallest absolute Gasteiger partial charge is 0.178 e. The van der Waals surface area contributed by atoms with Gasteiger partial charge in [-0.15, -0.1) is 0 Å². The lowest BCUT2D eigenvalue weighted by Crippen LogP contribution is -2.12. The highest BCUT2D eigenvalue weighted by atomic mass is 79.9. The summed E-state index contributed by atoms with van der Waals surface area (Å²) in [4.78, 5) is 10.9. The second-order valence-corrected chi connectivity index (χ2v) is 3.36. The third-order valence-electron chi connectivity index (χ3n) is 1.10. The Morgan fingerprint density at radius 1 is 1.70 bits per heavy atom. The van der Waals surface area contributed by atoms with E-state index in [4.69, 9.17) is 5.73 Å². The van der Waals surface area contributed by atoms with Crippen molar-refractivity contribution in [2.45, 2.75) is 0 Å². The van der Waals surface area contributed by atoms with E-state index in [1.54, 1.807) is 5.38 Å². The molecule has 0 aliphatic heterocycles. The van der Waals surface area contributed by atoms with Crippen LogP contribution in [0.25, 0.3) is 0 Å². The lowest BCUT2D eigenvalue weighted by molar-refractivity contribution is 0.100. The number of hydrogen-bond acceptors (Lipinski definition) is 3. The molecule has 0 aromatic carbocycles. The Hall–Kier alpha value is -0.190. The first kappa shape index (κ1) is 7.91. The van der Waals surface area contributed by atoms with Gasteiger partial charge in [0, 0.05) is 20.8 Å². The molecular formula is C6H6BrNOS. The third-order valence-corrected chi connectivity index (χ3v) is 2.80. The monoisotopic (exact) mass is 219 g/mol. The van der Waals surface area contributed by atoms with Crippen molar-refractivity contribution in [3.05, 3.63) is 20.8 Å². The molecule has 2 nitrogen and oxygen atoms in total. The molecule has 0 amide bonds. The number of hydrogen-bond donors (Lipinski definition) is 1. The maximum absolute atomic E-state index is 10.9. The van der Waals surface area contributed by atoms with Gasteiger partial charge in [-0.25, -0.2) is 0 Å². The molecule has 0 unspecified atom stereocenters. The highest BCUT2D eigenvalue weighted by Gasteiger charge is 2.07. The standard InChI is InChI=1S/C6H6BrNOS/c7-5-3-10-2-4(5)6(9)1-8/h2-3H,1,8H2. The number of rotatable bonds is 2. The summed E-state index contributed by atoms with van der Waals surface area (Å²) in [5, 5.41) is 3.65. The molecule has 2 N–H and O–H groups in total. The molecule has 0 aliphatic rings. The molecule has 10 heavy (non-hydrogen) atoms. The minimum atomic E-state index is -0.0203. The number of thiophene rings is 1. The van der Waals surface area contributed by atoms with Gasteiger partial charge < -0.3 is 5.73 Å². The Bertz CT molecular complexity index is 246. The molecule has 0 spiro atoms. The lowest BCUT2D eigenvalue weighted by atomic mass is 10.2. The van der Waals surface area contributed by atoms with E-state index in [2.05, 4.69) is 15.9 Å². The van der Waals surface area contributed by atoms with Gasteiger partial charge in [-0.2, -0.15) is 11.3 Å². The van der Waals surface area contributed by atoms with E-state index in [9.17, 15) is 4.79 Å². The summed E-state index contributed by atoms with van der Waals surface area (Å²) >= 11 is 4.73. The molecule has 0 saturated heterocycles. The first-order valence-electron chi connectivity index (χ1n) is 2.70. The molecule has 1 heterocycles. The molecule has 1 aromatic rings. The average Bonchev–Trinajstić information content (AvgIpc) is 2.34. The summed E-state index contributed by atoms with van der Waals surface area (Å²) in [6.45, 7) is 0.0787. The number of Topliss-reactive ketones (excluding diaryl/α,β-unsaturated/α-hetero) is 1. The molecule has 1 rings (SSSR count). The van der Waals surface area contributed by atoms with Crippen LogP contribution in [0.5, 0.6) is 0 Å². The fraction of sp³-hybridized carbons (Fsp3) is 0.167. The number of halogens is 1. The van der Waals surface area contributed by atoms with Crippen LogP contribution < -0.4 is 5.73 Å². The highest BCUT2D eigenvalue weighted by molar-refractivity contribution is 9.10. The van der Waals surface area contributed by atoms with Gasteiger partial charge in [-0.05, 0) is 15.9 Å². The van der Waals surface area contributed by atoms with Crippen molar-refractivity contribution in [1.29, 1.82) is 0 Å². The Morgan fingerprint density at radius 2 is 2.40 bits per heavy atom. The van der Waals surface area contributed by atoms with E-state index in [1.807, 2.05) is 5.38 Å². The van der Waals surface area contributed by atoms with Gasteiger partial charge in [0.2, 0.25) is 0 Å². The van der Waals surface area contributed by atoms with Gasteiger partial charge in [0.25, 0.3) is 0 Å². The van der Waals surface area contributed by atoms with Crippen LogP contribution in [0.1, 0.15) is 10.4 Å². The van der Waals surface area contributed by atoms with Crippen LogP contribution >= 0.6 is 27.3 Å². The second-order valence-electron chi connectivity index (χ2n) is 1.76. The van der Waals surface area contributed by atoms with E-state index in [-0.39, 0.29) is 12.3 Å². The molecule has 0 aliphatic carbocycles. The predicted octanol–water partition coefficient (Wildman–Crippen LogP) is 1.65. The summed E-state index contributed by atoms with van der Waals surface area (Å²) in [5.41, 5.74) is 5.85. The van der Waals surface area contributed by atoms with Crippen molar-refractivity contribution in [2.75, 3.05) is 6.54 Å². The van der Waals surface area contributed by atoms with Crippen molar-refractivity contribution in [3.63, 3.8) is 0 Å². The molecule has 0 fully saturated rings. The Balaban J connectivity index is 2.93. The number of carbonyl (C=O) groups excluding carboxylic acids is 1. The summed E-state index contributed by atoms with van der Waals surface area (Å²) in [6.07, 6.45) is 0. The van der Waals surface area contributed by atoms with Crippen LogP contribution in [0.15, 0.2) is 15.2 Å². The summed E-state index contributed by atoms with van der Waals surface area (Å²) in [6, 6.07) is 0. The largest absolute Gasteiger partial charge is 0.324 e. The van der Waals surface area contributed by atoms with Gasteiger partial charge >= 0.3 is 0 Å². The fourth-order valence-electron chi connectivity index (χ4n) is 0.590. The van der Waals surface area contributed by atoms with E-state index < -0.39 is 0 Å². The third kappa shape index (κ3) is 1.45. The molecular weight excluding hydrogens is 214 g/mol. The van der Waals surface area contributed by atoms with Crippen molar-refractivity contribution >= 4 is 33.0 Å². The Labute approximate surface area is 71.2 Å². The Morgan fingerprint density at radius 3 is 2.80 bits per heavy atom. The van der Waals surface area contributed by atoms with Gasteiger partial charge in [0.1, 0.15) is 0 Å². The summed E-state index contributed by atoms with van der Waals surface area (Å²) < 4.78 is 0.841. The van der Waals surface area contributed by atoms with E-state index in [1.165, 1.54) is 11.3 Å². The average molecular weight is 220 g/mol. The minimum Gasteiger partial charge on any atom is -0.324 e. The second kappa shape index (κ2) is 3.27. The zero-order chi connectivity index (χ0) is 7.56. The van der Waals surface area contributed by atoms with Crippen LogP contribution in [0, 0.1) is 0 Å². The maximum atomic E-state index is 10.9. The molecule has 0 radical (unpaired) electrons. The van der Waals surface area contributed by atoms with Crippen LogP contribution in [0.3, 0.4) is 0 Å². The van der Waals surface area contributed by atoms with Crippen LogP contribution in [0.2, 0.25) is 0 Å². The molecule has 0 bridgehead atoms. The first-order chi connectivity index (χ1) is 4.75. The zero-order valence-electron chi connectivity index (χ0n) is 5.13. The predicted molar refractivity (Wildman–Crippen MR) is 45.4 cm³/mol. The Kier molecular flexibility index (Phi) is 2.59. The van der Waals surface area contributed by atoms with Gasteiger partial charge in [0.05, 0.1) is 6.54 Å². The SMILES string of the molecule is NCC(=O)c1cscc1Br. The van der Waals surface area contributed by atoms with Gasteiger partial charge in [0.15, 0.2) is 5.78 Å². The van der Waals surface area contributed by atoms with Gasteiger partial charge in [-0.1, -0.05) is 0 Å². The van der Waals surface area contributed by atoms with Crippen molar-refractivity contribution < 1.29 is 4.79 Å². The lowest BCUT2D eigenvalue weighted by Gasteiger charge is -1.91. The first-order valence-corrected chi connectivity index (χ1v) is 4.44. The van der Waals surface area contributed by atoms with Crippen molar-refractivity contribution in [3.8, 4) is 0 Å². The number of nitrogens with two attached hydrogens (primary N) is 1. The summed E-state index contributed by atoms with van der Waals surface area (Å²) in [5.74, 6) is -0.0203. The van der Waals surface area contributed by atoms with Gasteiger partial charge in [-0.3, -0.25) is 4.79 Å². The molecule has 0 saturated carbocycles. The molecule has 0 atom stereocenters.